The van der Waals surface area contributed by atoms with Crippen LogP contribution in [0.3, 0.4) is 0 Å². The number of nitrogen functional groups attached to an aromatic ring is 1. The molecular formula is C23H23F3N4O2. The summed E-state index contributed by atoms with van der Waals surface area (Å²) in [6.45, 7) is 5.74. The maximum absolute atomic E-state index is 13.5. The van der Waals surface area contributed by atoms with Crippen LogP contribution < -0.4 is 11.5 Å². The van der Waals surface area contributed by atoms with Gasteiger partial charge in [0, 0.05) is 16.7 Å². The second-order valence-electron chi connectivity index (χ2n) is 7.87. The van der Waals surface area contributed by atoms with Gasteiger partial charge in [-0.3, -0.25) is 4.79 Å². The standard InChI is InChI=1S/C23H23F3N4O2/c1-12(2)14-5-4-6-15(9-14)19-20(27)29-11-18(30-19)17-10-16(8-7-13(17)3)22(32,21(28)31)23(24,25)26/h4-12,32H,1-3H3,(H2,27,29)(H2,28,31). The number of alkyl halides is 3. The van der Waals surface area contributed by atoms with Crippen molar-refractivity contribution in [3.05, 3.63) is 65.4 Å². The summed E-state index contributed by atoms with van der Waals surface area (Å²) in [5.74, 6) is -1.50. The Kier molecular flexibility index (Phi) is 5.97. The van der Waals surface area contributed by atoms with E-state index in [-0.39, 0.29) is 23.0 Å². The number of halogens is 3. The fourth-order valence-corrected chi connectivity index (χ4v) is 3.35. The maximum atomic E-state index is 13.5. The molecule has 0 saturated carbocycles. The number of primary amides is 1. The average Bonchev–Trinajstić information content (AvgIpc) is 2.73. The highest BCUT2D eigenvalue weighted by molar-refractivity contribution is 5.86. The number of carbonyl (C=O) groups excluding carboxylic acids is 1. The molecule has 32 heavy (non-hydrogen) atoms. The summed E-state index contributed by atoms with van der Waals surface area (Å²) < 4.78 is 40.6. The lowest BCUT2D eigenvalue weighted by Crippen LogP contribution is -2.52. The molecule has 9 heteroatoms. The zero-order valence-electron chi connectivity index (χ0n) is 17.7. The van der Waals surface area contributed by atoms with Crippen LogP contribution in [0.2, 0.25) is 0 Å². The summed E-state index contributed by atoms with van der Waals surface area (Å²) in [6.07, 6.45) is -3.98. The highest BCUT2D eigenvalue weighted by Crippen LogP contribution is 2.40. The van der Waals surface area contributed by atoms with Crippen molar-refractivity contribution in [2.24, 2.45) is 5.73 Å². The van der Waals surface area contributed by atoms with Gasteiger partial charge >= 0.3 is 6.18 Å². The molecular weight excluding hydrogens is 421 g/mol. The first-order valence-electron chi connectivity index (χ1n) is 9.79. The predicted octanol–water partition coefficient (Wildman–Crippen LogP) is 4.06. The van der Waals surface area contributed by atoms with Gasteiger partial charge in [0.15, 0.2) is 0 Å². The molecule has 0 radical (unpaired) electrons. The van der Waals surface area contributed by atoms with Crippen molar-refractivity contribution in [1.82, 2.24) is 9.97 Å². The lowest BCUT2D eigenvalue weighted by molar-refractivity contribution is -0.255. The third-order valence-corrected chi connectivity index (χ3v) is 5.33. The summed E-state index contributed by atoms with van der Waals surface area (Å²) in [5, 5.41) is 10.2. The smallest absolute Gasteiger partial charge is 0.382 e. The number of aliphatic hydroxyl groups is 1. The van der Waals surface area contributed by atoms with E-state index in [1.54, 1.807) is 6.92 Å². The van der Waals surface area contributed by atoms with Crippen molar-refractivity contribution in [2.75, 3.05) is 5.73 Å². The van der Waals surface area contributed by atoms with Crippen molar-refractivity contribution >= 4 is 11.7 Å². The zero-order chi connectivity index (χ0) is 23.8. The number of hydrogen-bond acceptors (Lipinski definition) is 5. The van der Waals surface area contributed by atoms with E-state index in [4.69, 9.17) is 11.5 Å². The fourth-order valence-electron chi connectivity index (χ4n) is 3.35. The van der Waals surface area contributed by atoms with E-state index in [0.29, 0.717) is 16.8 Å². The Morgan fingerprint density at radius 1 is 1.12 bits per heavy atom. The Morgan fingerprint density at radius 3 is 2.41 bits per heavy atom. The van der Waals surface area contributed by atoms with Crippen molar-refractivity contribution < 1.29 is 23.1 Å². The van der Waals surface area contributed by atoms with Crippen molar-refractivity contribution in [3.8, 4) is 22.5 Å². The Balaban J connectivity index is 2.18. The van der Waals surface area contributed by atoms with Gasteiger partial charge in [0.2, 0.25) is 0 Å². The van der Waals surface area contributed by atoms with Crippen molar-refractivity contribution in [1.29, 1.82) is 0 Å². The number of anilines is 1. The first kappa shape index (κ1) is 23.2. The minimum Gasteiger partial charge on any atom is -0.382 e. The molecule has 3 rings (SSSR count). The molecule has 2 aromatic carbocycles. The third-order valence-electron chi connectivity index (χ3n) is 5.33. The minimum absolute atomic E-state index is 0.160. The van der Waals surface area contributed by atoms with E-state index in [1.165, 1.54) is 12.3 Å². The Bertz CT molecular complexity index is 1180. The molecule has 0 fully saturated rings. The van der Waals surface area contributed by atoms with Gasteiger partial charge in [-0.25, -0.2) is 9.97 Å². The molecule has 5 N–H and O–H groups in total. The molecule has 168 valence electrons. The third kappa shape index (κ3) is 4.03. The van der Waals surface area contributed by atoms with E-state index in [9.17, 15) is 23.1 Å². The van der Waals surface area contributed by atoms with Gasteiger partial charge in [0.1, 0.15) is 11.5 Å². The molecule has 1 heterocycles. The van der Waals surface area contributed by atoms with Crippen LogP contribution in [0, 0.1) is 6.92 Å². The fraction of sp³-hybridized carbons (Fsp3) is 0.261. The summed E-state index contributed by atoms with van der Waals surface area (Å²) in [4.78, 5) is 20.3. The number of aryl methyl sites for hydroxylation is 1. The molecule has 1 amide bonds. The molecule has 0 aliphatic carbocycles. The molecule has 1 unspecified atom stereocenters. The second kappa shape index (κ2) is 8.23. The Labute approximate surface area is 183 Å². The van der Waals surface area contributed by atoms with Gasteiger partial charge in [-0.15, -0.1) is 0 Å². The molecule has 0 spiro atoms. The zero-order valence-corrected chi connectivity index (χ0v) is 17.7. The number of amides is 1. The van der Waals surface area contributed by atoms with Gasteiger partial charge in [-0.2, -0.15) is 13.2 Å². The highest BCUT2D eigenvalue weighted by Gasteiger charge is 2.60. The number of rotatable bonds is 5. The van der Waals surface area contributed by atoms with Gasteiger partial charge in [-0.05, 0) is 36.1 Å². The maximum Gasteiger partial charge on any atom is 0.430 e. The molecule has 1 atom stereocenters. The Hall–Kier alpha value is -3.46. The van der Waals surface area contributed by atoms with E-state index in [0.717, 1.165) is 17.7 Å². The quantitative estimate of drug-likeness (QED) is 0.549. The molecule has 0 aliphatic heterocycles. The summed E-state index contributed by atoms with van der Waals surface area (Å²) in [6, 6.07) is 11.0. The van der Waals surface area contributed by atoms with Crippen LogP contribution in [0.15, 0.2) is 48.7 Å². The van der Waals surface area contributed by atoms with Gasteiger partial charge in [0.05, 0.1) is 11.9 Å². The van der Waals surface area contributed by atoms with Crippen LogP contribution >= 0.6 is 0 Å². The first-order chi connectivity index (χ1) is 14.9. The largest absolute Gasteiger partial charge is 0.430 e. The molecule has 0 saturated heterocycles. The second-order valence-corrected chi connectivity index (χ2v) is 7.87. The number of carbonyl (C=O) groups is 1. The van der Waals surface area contributed by atoms with Crippen molar-refractivity contribution in [3.63, 3.8) is 0 Å². The number of hydrogen-bond donors (Lipinski definition) is 3. The molecule has 6 nitrogen and oxygen atoms in total. The van der Waals surface area contributed by atoms with Crippen LogP contribution in [0.25, 0.3) is 22.5 Å². The topological polar surface area (TPSA) is 115 Å². The summed E-state index contributed by atoms with van der Waals surface area (Å²) in [7, 11) is 0. The van der Waals surface area contributed by atoms with Gasteiger partial charge in [-0.1, -0.05) is 44.2 Å². The van der Waals surface area contributed by atoms with Crippen LogP contribution in [0.5, 0.6) is 0 Å². The minimum atomic E-state index is -5.30. The lowest BCUT2D eigenvalue weighted by atomic mass is 9.89. The predicted molar refractivity (Wildman–Crippen MR) is 115 cm³/mol. The molecule has 0 aliphatic rings. The number of aromatic nitrogens is 2. The SMILES string of the molecule is Cc1ccc(C(O)(C(N)=O)C(F)(F)F)cc1-c1cnc(N)c(-c2cccc(C(C)C)c2)n1. The highest BCUT2D eigenvalue weighted by atomic mass is 19.4. The molecule has 1 aromatic heterocycles. The Morgan fingerprint density at radius 2 is 1.81 bits per heavy atom. The van der Waals surface area contributed by atoms with Crippen molar-refractivity contribution in [2.45, 2.75) is 38.5 Å². The van der Waals surface area contributed by atoms with Gasteiger partial charge < -0.3 is 16.6 Å². The number of nitrogens with zero attached hydrogens (tertiary/aromatic N) is 2. The van der Waals surface area contributed by atoms with E-state index < -0.39 is 23.2 Å². The summed E-state index contributed by atoms with van der Waals surface area (Å²) in [5.41, 5.74) is 9.59. The number of benzene rings is 2. The normalized spacial score (nSPS) is 13.8. The van der Waals surface area contributed by atoms with Crippen LogP contribution in [0.1, 0.15) is 36.5 Å². The van der Waals surface area contributed by atoms with Crippen LogP contribution in [-0.4, -0.2) is 27.2 Å². The van der Waals surface area contributed by atoms with E-state index >= 15 is 0 Å². The average molecular weight is 444 g/mol. The number of nitrogens with two attached hydrogens (primary N) is 2. The van der Waals surface area contributed by atoms with Crippen LogP contribution in [0.4, 0.5) is 19.0 Å². The molecule has 0 bridgehead atoms. The molecule has 3 aromatic rings. The van der Waals surface area contributed by atoms with Gasteiger partial charge in [0.25, 0.3) is 11.5 Å². The summed E-state index contributed by atoms with van der Waals surface area (Å²) >= 11 is 0. The first-order valence-corrected chi connectivity index (χ1v) is 9.79. The van der Waals surface area contributed by atoms with E-state index in [2.05, 4.69) is 9.97 Å². The van der Waals surface area contributed by atoms with E-state index in [1.807, 2.05) is 38.1 Å². The monoisotopic (exact) mass is 444 g/mol. The van der Waals surface area contributed by atoms with Crippen LogP contribution in [-0.2, 0) is 10.4 Å². The lowest BCUT2D eigenvalue weighted by Gasteiger charge is -2.28.